The van der Waals surface area contributed by atoms with Gasteiger partial charge in [0.2, 0.25) is 0 Å². The van der Waals surface area contributed by atoms with Gasteiger partial charge in [-0.25, -0.2) is 14.4 Å². The number of halogens is 1. The largest absolute Gasteiger partial charge is 0.493 e. The van der Waals surface area contributed by atoms with Gasteiger partial charge >= 0.3 is 0 Å². The molecule has 0 amide bonds. The van der Waals surface area contributed by atoms with E-state index >= 15 is 0 Å². The molecule has 0 saturated carbocycles. The van der Waals surface area contributed by atoms with Gasteiger partial charge in [0.15, 0.2) is 17.1 Å². The number of aromatic nitrogens is 3. The molecule has 0 bridgehead atoms. The van der Waals surface area contributed by atoms with E-state index in [4.69, 9.17) is 14.5 Å². The van der Waals surface area contributed by atoms with E-state index in [9.17, 15) is 4.39 Å². The van der Waals surface area contributed by atoms with Crippen molar-refractivity contribution in [2.24, 2.45) is 0 Å². The van der Waals surface area contributed by atoms with Crippen molar-refractivity contribution in [2.75, 3.05) is 20.2 Å². The first-order valence-corrected chi connectivity index (χ1v) is 11.3. The number of rotatable bonds is 7. The lowest BCUT2D eigenvalue weighted by Gasteiger charge is -2.33. The topological polar surface area (TPSA) is 52.4 Å². The Kier molecular flexibility index (Phi) is 6.21. The zero-order valence-corrected chi connectivity index (χ0v) is 18.7. The van der Waals surface area contributed by atoms with Crippen molar-refractivity contribution in [1.29, 1.82) is 0 Å². The molecule has 0 radical (unpaired) electrons. The van der Waals surface area contributed by atoms with E-state index in [-0.39, 0.29) is 5.82 Å². The van der Waals surface area contributed by atoms with Crippen LogP contribution in [0.3, 0.4) is 0 Å². The van der Waals surface area contributed by atoms with Crippen LogP contribution in [0.15, 0.2) is 66.9 Å². The first kappa shape index (κ1) is 21.4. The molecule has 1 aliphatic rings. The fourth-order valence-corrected chi connectivity index (χ4v) is 4.53. The van der Waals surface area contributed by atoms with E-state index in [1.807, 2.05) is 54.7 Å². The SMILES string of the molecule is COc1ccccc1OCc1nc2cccnc2n1C1CCN(Cc2ccc(F)cc2)CC1. The minimum absolute atomic E-state index is 0.195. The number of benzene rings is 2. The predicted molar refractivity (Wildman–Crippen MR) is 125 cm³/mol. The van der Waals surface area contributed by atoms with Crippen LogP contribution in [0.1, 0.15) is 30.3 Å². The number of imidazole rings is 1. The molecule has 2 aromatic heterocycles. The highest BCUT2D eigenvalue weighted by Gasteiger charge is 2.25. The highest BCUT2D eigenvalue weighted by Crippen LogP contribution is 2.31. The molecule has 4 aromatic rings. The van der Waals surface area contributed by atoms with Gasteiger partial charge in [0, 0.05) is 31.9 Å². The summed E-state index contributed by atoms with van der Waals surface area (Å²) in [6.07, 6.45) is 3.80. The minimum Gasteiger partial charge on any atom is -0.493 e. The highest BCUT2D eigenvalue weighted by molar-refractivity contribution is 5.71. The maximum atomic E-state index is 13.2. The lowest BCUT2D eigenvalue weighted by atomic mass is 10.0. The molecular formula is C26H27FN4O2. The zero-order chi connectivity index (χ0) is 22.6. The zero-order valence-electron chi connectivity index (χ0n) is 18.7. The van der Waals surface area contributed by atoms with Crippen LogP contribution < -0.4 is 9.47 Å². The number of ether oxygens (including phenoxy) is 2. The molecule has 0 aliphatic carbocycles. The molecule has 6 nitrogen and oxygen atoms in total. The molecule has 1 saturated heterocycles. The summed E-state index contributed by atoms with van der Waals surface area (Å²) >= 11 is 0. The predicted octanol–water partition coefficient (Wildman–Crippen LogP) is 5.00. The molecule has 170 valence electrons. The second-order valence-electron chi connectivity index (χ2n) is 8.32. The lowest BCUT2D eigenvalue weighted by molar-refractivity contribution is 0.175. The fraction of sp³-hybridized carbons (Fsp3) is 0.308. The summed E-state index contributed by atoms with van der Waals surface area (Å²) in [6, 6.07) is 18.6. The molecule has 2 aromatic carbocycles. The van der Waals surface area contributed by atoms with Gasteiger partial charge in [-0.05, 0) is 54.8 Å². The van der Waals surface area contributed by atoms with Crippen LogP contribution in [0.25, 0.3) is 11.2 Å². The second-order valence-corrected chi connectivity index (χ2v) is 8.32. The van der Waals surface area contributed by atoms with Crippen LogP contribution in [0.4, 0.5) is 4.39 Å². The number of piperidine rings is 1. The fourth-order valence-electron chi connectivity index (χ4n) is 4.53. The second kappa shape index (κ2) is 9.58. The summed E-state index contributed by atoms with van der Waals surface area (Å²) in [5.74, 6) is 2.07. The molecule has 5 rings (SSSR count). The van der Waals surface area contributed by atoms with E-state index < -0.39 is 0 Å². The van der Waals surface area contributed by atoms with E-state index in [0.717, 1.165) is 55.0 Å². The molecule has 1 aliphatic heterocycles. The van der Waals surface area contributed by atoms with Crippen molar-refractivity contribution in [3.8, 4) is 11.5 Å². The molecule has 1 fully saturated rings. The standard InChI is InChI=1S/C26H27FN4O2/c1-32-23-6-2-3-7-24(23)33-18-25-29-22-5-4-14-28-26(22)31(25)21-12-15-30(16-13-21)17-19-8-10-20(27)11-9-19/h2-11,14,21H,12-13,15-18H2,1H3. The first-order chi connectivity index (χ1) is 16.2. The average molecular weight is 447 g/mol. The summed E-state index contributed by atoms with van der Waals surface area (Å²) in [5, 5.41) is 0. The Morgan fingerprint density at radius 1 is 0.970 bits per heavy atom. The van der Waals surface area contributed by atoms with Gasteiger partial charge in [0.1, 0.15) is 23.8 Å². The Balaban J connectivity index is 1.33. The molecular weight excluding hydrogens is 419 g/mol. The number of nitrogens with zero attached hydrogens (tertiary/aromatic N) is 4. The van der Waals surface area contributed by atoms with Crippen molar-refractivity contribution >= 4 is 11.2 Å². The monoisotopic (exact) mass is 446 g/mol. The van der Waals surface area contributed by atoms with Crippen LogP contribution >= 0.6 is 0 Å². The summed E-state index contributed by atoms with van der Waals surface area (Å²) in [5.41, 5.74) is 2.91. The maximum absolute atomic E-state index is 13.2. The first-order valence-electron chi connectivity index (χ1n) is 11.3. The van der Waals surface area contributed by atoms with E-state index in [1.165, 1.54) is 12.1 Å². The normalized spacial score (nSPS) is 15.1. The van der Waals surface area contributed by atoms with Crippen LogP contribution in [-0.4, -0.2) is 39.6 Å². The smallest absolute Gasteiger partial charge is 0.161 e. The number of fused-ring (bicyclic) bond motifs is 1. The van der Waals surface area contributed by atoms with Gasteiger partial charge in [-0.15, -0.1) is 0 Å². The van der Waals surface area contributed by atoms with E-state index in [1.54, 1.807) is 7.11 Å². The maximum Gasteiger partial charge on any atom is 0.161 e. The Morgan fingerprint density at radius 3 is 2.48 bits per heavy atom. The molecule has 0 atom stereocenters. The average Bonchev–Trinajstić information content (AvgIpc) is 3.23. The molecule has 0 N–H and O–H groups in total. The third kappa shape index (κ3) is 4.68. The Labute approximate surface area is 192 Å². The van der Waals surface area contributed by atoms with E-state index in [2.05, 4.69) is 14.5 Å². The van der Waals surface area contributed by atoms with Crippen LogP contribution in [0.5, 0.6) is 11.5 Å². The Morgan fingerprint density at radius 2 is 1.73 bits per heavy atom. The summed E-state index contributed by atoms with van der Waals surface area (Å²) in [7, 11) is 1.64. The summed E-state index contributed by atoms with van der Waals surface area (Å²) in [6.45, 7) is 3.09. The number of pyridine rings is 1. The third-order valence-corrected chi connectivity index (χ3v) is 6.19. The number of methoxy groups -OCH3 is 1. The third-order valence-electron chi connectivity index (χ3n) is 6.19. The van der Waals surface area contributed by atoms with Crippen LogP contribution in [-0.2, 0) is 13.2 Å². The van der Waals surface area contributed by atoms with Gasteiger partial charge in [0.05, 0.1) is 7.11 Å². The molecule has 0 unspecified atom stereocenters. The van der Waals surface area contributed by atoms with Gasteiger partial charge in [-0.1, -0.05) is 24.3 Å². The summed E-state index contributed by atoms with van der Waals surface area (Å²) in [4.78, 5) is 11.9. The molecule has 0 spiro atoms. The number of para-hydroxylation sites is 2. The van der Waals surface area contributed by atoms with Gasteiger partial charge < -0.3 is 14.0 Å². The van der Waals surface area contributed by atoms with E-state index in [0.29, 0.717) is 24.1 Å². The van der Waals surface area contributed by atoms with Gasteiger partial charge in [-0.3, -0.25) is 4.90 Å². The van der Waals surface area contributed by atoms with Crippen molar-refractivity contribution < 1.29 is 13.9 Å². The minimum atomic E-state index is -0.195. The number of likely N-dealkylation sites (tertiary alicyclic amines) is 1. The van der Waals surface area contributed by atoms with Crippen molar-refractivity contribution in [2.45, 2.75) is 32.0 Å². The summed E-state index contributed by atoms with van der Waals surface area (Å²) < 4.78 is 27.0. The Bertz CT molecular complexity index is 1220. The highest BCUT2D eigenvalue weighted by atomic mass is 19.1. The van der Waals surface area contributed by atoms with Crippen LogP contribution in [0, 0.1) is 5.82 Å². The molecule has 33 heavy (non-hydrogen) atoms. The number of hydrogen-bond acceptors (Lipinski definition) is 5. The number of hydrogen-bond donors (Lipinski definition) is 0. The van der Waals surface area contributed by atoms with Crippen molar-refractivity contribution in [3.05, 3.63) is 84.1 Å². The van der Waals surface area contributed by atoms with Crippen LogP contribution in [0.2, 0.25) is 0 Å². The molecule has 3 heterocycles. The van der Waals surface area contributed by atoms with Crippen molar-refractivity contribution in [3.63, 3.8) is 0 Å². The van der Waals surface area contributed by atoms with Crippen molar-refractivity contribution in [1.82, 2.24) is 19.4 Å². The Hall–Kier alpha value is -3.45. The van der Waals surface area contributed by atoms with Gasteiger partial charge in [0.25, 0.3) is 0 Å². The van der Waals surface area contributed by atoms with Gasteiger partial charge in [-0.2, -0.15) is 0 Å². The molecule has 7 heteroatoms. The lowest BCUT2D eigenvalue weighted by Crippen LogP contribution is -2.34. The quantitative estimate of drug-likeness (QED) is 0.400.